The van der Waals surface area contributed by atoms with Crippen molar-refractivity contribution < 1.29 is 0 Å². The van der Waals surface area contributed by atoms with E-state index in [0.717, 1.165) is 36.6 Å². The molecule has 0 fully saturated rings. The van der Waals surface area contributed by atoms with E-state index in [4.69, 9.17) is 11.6 Å². The van der Waals surface area contributed by atoms with Crippen LogP contribution in [-0.2, 0) is 13.0 Å². The molecule has 0 amide bonds. The van der Waals surface area contributed by atoms with Crippen LogP contribution < -0.4 is 5.32 Å². The van der Waals surface area contributed by atoms with Crippen molar-refractivity contribution in [1.82, 2.24) is 15.1 Å². The largest absolute Gasteiger partial charge is 0.314 e. The Kier molecular flexibility index (Phi) is 6.72. The van der Waals surface area contributed by atoms with Crippen LogP contribution in [0.1, 0.15) is 51.4 Å². The lowest BCUT2D eigenvalue weighted by Crippen LogP contribution is -2.28. The van der Waals surface area contributed by atoms with Gasteiger partial charge in [0.2, 0.25) is 0 Å². The molecule has 4 heteroatoms. The highest BCUT2D eigenvalue weighted by Crippen LogP contribution is 2.22. The molecule has 0 aliphatic carbocycles. The Bertz CT molecular complexity index is 360. The molecule has 0 spiro atoms. The molecule has 0 bridgehead atoms. The number of rotatable bonds is 8. The van der Waals surface area contributed by atoms with Gasteiger partial charge >= 0.3 is 0 Å². The first kappa shape index (κ1) is 15.5. The zero-order valence-electron chi connectivity index (χ0n) is 12.1. The van der Waals surface area contributed by atoms with Crippen LogP contribution in [-0.4, -0.2) is 22.4 Å². The van der Waals surface area contributed by atoms with E-state index in [9.17, 15) is 0 Å². The Morgan fingerprint density at radius 1 is 1.33 bits per heavy atom. The standard InChI is InChI=1S/C14H26ClN3/c1-5-12(16-6-2)9-8-10-13-14(15)11(4)17-18(13)7-3/h12,16H,5-10H2,1-4H3. The molecule has 0 aromatic carbocycles. The third-order valence-corrected chi connectivity index (χ3v) is 3.90. The van der Waals surface area contributed by atoms with E-state index >= 15 is 0 Å². The summed E-state index contributed by atoms with van der Waals surface area (Å²) in [6.45, 7) is 10.4. The highest BCUT2D eigenvalue weighted by molar-refractivity contribution is 6.31. The maximum Gasteiger partial charge on any atom is 0.0847 e. The van der Waals surface area contributed by atoms with E-state index in [1.165, 1.54) is 18.5 Å². The number of aryl methyl sites for hydroxylation is 2. The lowest BCUT2D eigenvalue weighted by molar-refractivity contribution is 0.462. The third-order valence-electron chi connectivity index (χ3n) is 3.40. The van der Waals surface area contributed by atoms with E-state index in [1.54, 1.807) is 0 Å². The molecule has 18 heavy (non-hydrogen) atoms. The molecular formula is C14H26ClN3. The predicted octanol–water partition coefficient (Wildman–Crippen LogP) is 3.58. The number of hydrogen-bond acceptors (Lipinski definition) is 2. The van der Waals surface area contributed by atoms with Gasteiger partial charge in [-0.2, -0.15) is 5.10 Å². The number of aromatic nitrogens is 2. The first-order valence-corrected chi connectivity index (χ1v) is 7.46. The number of hydrogen-bond donors (Lipinski definition) is 1. The summed E-state index contributed by atoms with van der Waals surface area (Å²) in [6, 6.07) is 0.632. The molecule has 1 aromatic heterocycles. The van der Waals surface area contributed by atoms with Crippen molar-refractivity contribution in [3.63, 3.8) is 0 Å². The van der Waals surface area contributed by atoms with Crippen LogP contribution in [0.4, 0.5) is 0 Å². The van der Waals surface area contributed by atoms with E-state index in [2.05, 4.69) is 31.2 Å². The van der Waals surface area contributed by atoms with E-state index in [1.807, 2.05) is 11.6 Å². The fourth-order valence-corrected chi connectivity index (χ4v) is 2.59. The van der Waals surface area contributed by atoms with Gasteiger partial charge in [-0.05, 0) is 46.1 Å². The molecule has 1 N–H and O–H groups in total. The van der Waals surface area contributed by atoms with Crippen molar-refractivity contribution in [1.29, 1.82) is 0 Å². The van der Waals surface area contributed by atoms with Gasteiger partial charge in [-0.1, -0.05) is 25.4 Å². The summed E-state index contributed by atoms with van der Waals surface area (Å²) >= 11 is 6.30. The highest BCUT2D eigenvalue weighted by Gasteiger charge is 2.12. The van der Waals surface area contributed by atoms with Crippen molar-refractivity contribution in [3.05, 3.63) is 16.4 Å². The summed E-state index contributed by atoms with van der Waals surface area (Å²) in [7, 11) is 0. The Morgan fingerprint density at radius 2 is 2.06 bits per heavy atom. The lowest BCUT2D eigenvalue weighted by Gasteiger charge is -2.15. The summed E-state index contributed by atoms with van der Waals surface area (Å²) in [4.78, 5) is 0. The van der Waals surface area contributed by atoms with Gasteiger partial charge in [0, 0.05) is 12.6 Å². The second-order valence-corrected chi connectivity index (χ2v) is 5.09. The summed E-state index contributed by atoms with van der Waals surface area (Å²) in [5, 5.41) is 8.82. The summed E-state index contributed by atoms with van der Waals surface area (Å²) in [6.07, 6.45) is 4.58. The van der Waals surface area contributed by atoms with Gasteiger partial charge in [-0.15, -0.1) is 0 Å². The zero-order valence-corrected chi connectivity index (χ0v) is 12.8. The van der Waals surface area contributed by atoms with Crippen molar-refractivity contribution in [2.75, 3.05) is 6.54 Å². The SMILES string of the molecule is CCNC(CC)CCCc1c(Cl)c(C)nn1CC. The maximum atomic E-state index is 6.30. The van der Waals surface area contributed by atoms with Crippen molar-refractivity contribution in [2.24, 2.45) is 0 Å². The van der Waals surface area contributed by atoms with Crippen LogP contribution in [0.25, 0.3) is 0 Å². The van der Waals surface area contributed by atoms with Gasteiger partial charge in [-0.25, -0.2) is 0 Å². The minimum Gasteiger partial charge on any atom is -0.314 e. The topological polar surface area (TPSA) is 29.9 Å². The maximum absolute atomic E-state index is 6.30. The molecule has 1 atom stereocenters. The summed E-state index contributed by atoms with van der Waals surface area (Å²) in [5.74, 6) is 0. The molecule has 1 rings (SSSR count). The van der Waals surface area contributed by atoms with Crippen LogP contribution in [0.3, 0.4) is 0 Å². The molecule has 1 unspecified atom stereocenters. The van der Waals surface area contributed by atoms with Gasteiger partial charge in [-0.3, -0.25) is 4.68 Å². The molecule has 3 nitrogen and oxygen atoms in total. The van der Waals surface area contributed by atoms with Gasteiger partial charge in [0.1, 0.15) is 0 Å². The molecule has 0 aliphatic heterocycles. The van der Waals surface area contributed by atoms with Gasteiger partial charge in [0.15, 0.2) is 0 Å². The number of halogens is 1. The molecule has 1 heterocycles. The molecule has 104 valence electrons. The van der Waals surface area contributed by atoms with Gasteiger partial charge in [0.25, 0.3) is 0 Å². The van der Waals surface area contributed by atoms with E-state index in [0.29, 0.717) is 6.04 Å². The predicted molar refractivity (Wildman–Crippen MR) is 78.3 cm³/mol. The average Bonchev–Trinajstić information content (AvgIpc) is 2.65. The van der Waals surface area contributed by atoms with Crippen LogP contribution in [0.15, 0.2) is 0 Å². The Morgan fingerprint density at radius 3 is 2.61 bits per heavy atom. The van der Waals surface area contributed by atoms with E-state index in [-0.39, 0.29) is 0 Å². The monoisotopic (exact) mass is 271 g/mol. The quantitative estimate of drug-likeness (QED) is 0.783. The van der Waals surface area contributed by atoms with Crippen LogP contribution in [0.5, 0.6) is 0 Å². The normalized spacial score (nSPS) is 12.9. The third kappa shape index (κ3) is 3.99. The Hall–Kier alpha value is -0.540. The number of nitrogens with one attached hydrogen (secondary N) is 1. The molecule has 0 saturated carbocycles. The highest BCUT2D eigenvalue weighted by atomic mass is 35.5. The molecular weight excluding hydrogens is 246 g/mol. The first-order valence-electron chi connectivity index (χ1n) is 7.09. The van der Waals surface area contributed by atoms with Crippen molar-refractivity contribution in [3.8, 4) is 0 Å². The molecule has 1 aromatic rings. The lowest BCUT2D eigenvalue weighted by atomic mass is 10.1. The van der Waals surface area contributed by atoms with Crippen LogP contribution in [0, 0.1) is 6.92 Å². The summed E-state index contributed by atoms with van der Waals surface area (Å²) in [5.41, 5.74) is 2.15. The van der Waals surface area contributed by atoms with Crippen molar-refractivity contribution >= 4 is 11.6 Å². The van der Waals surface area contributed by atoms with E-state index < -0.39 is 0 Å². The fourth-order valence-electron chi connectivity index (χ4n) is 2.36. The average molecular weight is 272 g/mol. The summed E-state index contributed by atoms with van der Waals surface area (Å²) < 4.78 is 2.03. The second-order valence-electron chi connectivity index (χ2n) is 4.72. The first-order chi connectivity index (χ1) is 8.63. The van der Waals surface area contributed by atoms with Gasteiger partial charge < -0.3 is 5.32 Å². The smallest absolute Gasteiger partial charge is 0.0847 e. The molecule has 0 saturated heterocycles. The molecule has 0 aliphatic rings. The number of nitrogens with zero attached hydrogens (tertiary/aromatic N) is 2. The Balaban J connectivity index is 2.52. The second kappa shape index (κ2) is 7.80. The van der Waals surface area contributed by atoms with Gasteiger partial charge in [0.05, 0.1) is 16.4 Å². The zero-order chi connectivity index (χ0) is 13.5. The van der Waals surface area contributed by atoms with Crippen LogP contribution in [0.2, 0.25) is 5.02 Å². The fraction of sp³-hybridized carbons (Fsp3) is 0.786. The van der Waals surface area contributed by atoms with Crippen LogP contribution >= 0.6 is 11.6 Å². The minimum atomic E-state index is 0.632. The minimum absolute atomic E-state index is 0.632. The Labute approximate surface area is 116 Å². The van der Waals surface area contributed by atoms with Crippen molar-refractivity contribution in [2.45, 2.75) is 66.0 Å². The molecule has 0 radical (unpaired) electrons.